The van der Waals surface area contributed by atoms with Gasteiger partial charge in [-0.1, -0.05) is 6.08 Å². The van der Waals surface area contributed by atoms with Crippen LogP contribution in [0.1, 0.15) is 25.8 Å². The van der Waals surface area contributed by atoms with E-state index in [0.717, 1.165) is 36.3 Å². The molecule has 0 unspecified atom stereocenters. The number of ether oxygens (including phenoxy) is 1. The number of hydrogen-bond donors (Lipinski definition) is 2. The molecule has 112 valence electrons. The van der Waals surface area contributed by atoms with E-state index in [2.05, 4.69) is 16.5 Å². The van der Waals surface area contributed by atoms with Crippen molar-refractivity contribution >= 4 is 11.1 Å². The maximum absolute atomic E-state index is 9.80. The van der Waals surface area contributed by atoms with Crippen LogP contribution in [-0.4, -0.2) is 40.0 Å². The number of hydrogen-bond acceptors (Lipinski definition) is 4. The van der Waals surface area contributed by atoms with E-state index < -0.39 is 5.60 Å². The minimum atomic E-state index is -0.854. The zero-order valence-electron chi connectivity index (χ0n) is 12.5. The number of fused-ring (bicyclic) bond motifs is 1. The van der Waals surface area contributed by atoms with Crippen LogP contribution in [0, 0.1) is 0 Å². The minimum absolute atomic E-state index is 0.250. The van der Waals surface area contributed by atoms with E-state index in [9.17, 15) is 5.11 Å². The van der Waals surface area contributed by atoms with Gasteiger partial charge < -0.3 is 15.2 Å². The van der Waals surface area contributed by atoms with E-state index in [0.29, 0.717) is 0 Å². The second kappa shape index (κ2) is 5.50. The first kappa shape index (κ1) is 14.1. The van der Waals surface area contributed by atoms with Crippen molar-refractivity contribution in [2.75, 3.05) is 19.7 Å². The molecule has 0 amide bonds. The lowest BCUT2D eigenvalue weighted by molar-refractivity contribution is 0.0283. The maximum Gasteiger partial charge on any atom is 0.138 e. The number of nitrogens with one attached hydrogen (secondary N) is 1. The molecule has 5 nitrogen and oxygen atoms in total. The molecule has 0 aliphatic carbocycles. The predicted octanol–water partition coefficient (Wildman–Crippen LogP) is 1.86. The number of rotatable bonds is 4. The molecule has 0 saturated carbocycles. The summed E-state index contributed by atoms with van der Waals surface area (Å²) in [4.78, 5) is 0. The number of nitrogens with zero attached hydrogens (tertiary/aromatic N) is 2. The van der Waals surface area contributed by atoms with Gasteiger partial charge >= 0.3 is 0 Å². The molecule has 0 saturated heterocycles. The van der Waals surface area contributed by atoms with Crippen LogP contribution in [0.25, 0.3) is 11.1 Å². The van der Waals surface area contributed by atoms with Crippen molar-refractivity contribution in [2.24, 2.45) is 0 Å². The van der Waals surface area contributed by atoms with Crippen LogP contribution < -0.4 is 10.1 Å². The molecule has 2 N–H and O–H groups in total. The molecule has 1 aliphatic heterocycles. The monoisotopic (exact) mass is 287 g/mol. The van der Waals surface area contributed by atoms with Crippen LogP contribution in [-0.2, 0) is 0 Å². The summed E-state index contributed by atoms with van der Waals surface area (Å²) in [6.07, 6.45) is 6.85. The predicted molar refractivity (Wildman–Crippen MR) is 82.4 cm³/mol. The third kappa shape index (κ3) is 3.25. The van der Waals surface area contributed by atoms with Gasteiger partial charge in [0.1, 0.15) is 12.4 Å². The van der Waals surface area contributed by atoms with E-state index in [1.165, 1.54) is 5.57 Å². The molecule has 0 spiro atoms. The highest BCUT2D eigenvalue weighted by Gasteiger charge is 2.16. The van der Waals surface area contributed by atoms with E-state index in [1.54, 1.807) is 20.0 Å². The zero-order chi connectivity index (χ0) is 14.9. The Morgan fingerprint density at radius 3 is 3.05 bits per heavy atom. The Kier molecular flexibility index (Phi) is 3.69. The van der Waals surface area contributed by atoms with Gasteiger partial charge in [-0.15, -0.1) is 0 Å². The van der Waals surface area contributed by atoms with E-state index >= 15 is 0 Å². The van der Waals surface area contributed by atoms with Gasteiger partial charge in [-0.25, -0.2) is 4.52 Å². The average molecular weight is 287 g/mol. The highest BCUT2D eigenvalue weighted by atomic mass is 16.5. The zero-order valence-corrected chi connectivity index (χ0v) is 12.5. The van der Waals surface area contributed by atoms with E-state index in [1.807, 2.05) is 22.8 Å². The van der Waals surface area contributed by atoms with Crippen molar-refractivity contribution in [3.8, 4) is 5.75 Å². The number of pyridine rings is 1. The molecular weight excluding hydrogens is 266 g/mol. The fourth-order valence-electron chi connectivity index (χ4n) is 2.47. The Bertz CT molecular complexity index is 668. The van der Waals surface area contributed by atoms with Gasteiger partial charge in [0, 0.05) is 12.1 Å². The molecule has 2 aromatic rings. The van der Waals surface area contributed by atoms with E-state index in [-0.39, 0.29) is 6.61 Å². The lowest BCUT2D eigenvalue weighted by atomic mass is 10.00. The molecule has 2 aromatic heterocycles. The fourth-order valence-corrected chi connectivity index (χ4v) is 2.47. The van der Waals surface area contributed by atoms with Gasteiger partial charge in [0.2, 0.25) is 0 Å². The van der Waals surface area contributed by atoms with Gasteiger partial charge in [0.15, 0.2) is 0 Å². The fraction of sp³-hybridized carbons (Fsp3) is 0.438. The van der Waals surface area contributed by atoms with Gasteiger partial charge in [0.25, 0.3) is 0 Å². The van der Waals surface area contributed by atoms with Gasteiger partial charge in [-0.2, -0.15) is 5.10 Å². The normalized spacial score (nSPS) is 16.0. The van der Waals surface area contributed by atoms with Crippen LogP contribution in [0.4, 0.5) is 0 Å². The molecule has 0 bridgehead atoms. The van der Waals surface area contributed by atoms with Crippen molar-refractivity contribution < 1.29 is 9.84 Å². The first-order valence-electron chi connectivity index (χ1n) is 7.26. The topological polar surface area (TPSA) is 58.8 Å². The lowest BCUT2D eigenvalue weighted by Crippen LogP contribution is -2.28. The quantitative estimate of drug-likeness (QED) is 0.901. The second-order valence-corrected chi connectivity index (χ2v) is 6.04. The van der Waals surface area contributed by atoms with Gasteiger partial charge in [0.05, 0.1) is 23.5 Å². The summed E-state index contributed by atoms with van der Waals surface area (Å²) in [5.41, 5.74) is 2.70. The summed E-state index contributed by atoms with van der Waals surface area (Å²) < 4.78 is 7.56. The van der Waals surface area contributed by atoms with Crippen molar-refractivity contribution in [3.63, 3.8) is 0 Å². The SMILES string of the molecule is CC(C)(O)COc1cc(C2=CCNCC2)c2ccnn2c1. The maximum atomic E-state index is 9.80. The van der Waals surface area contributed by atoms with Gasteiger partial charge in [-0.3, -0.25) is 0 Å². The second-order valence-electron chi connectivity index (χ2n) is 6.04. The molecule has 0 fully saturated rings. The summed E-state index contributed by atoms with van der Waals surface area (Å²) in [5, 5.41) is 17.4. The molecule has 3 heterocycles. The molecule has 3 rings (SSSR count). The van der Waals surface area contributed by atoms with Crippen molar-refractivity contribution in [3.05, 3.63) is 36.2 Å². The Balaban J connectivity index is 1.97. The molecule has 0 aromatic carbocycles. The Morgan fingerprint density at radius 1 is 1.48 bits per heavy atom. The first-order valence-corrected chi connectivity index (χ1v) is 7.26. The average Bonchev–Trinajstić information content (AvgIpc) is 2.92. The van der Waals surface area contributed by atoms with Crippen LogP contribution in [0.5, 0.6) is 5.75 Å². The summed E-state index contributed by atoms with van der Waals surface area (Å²) in [6, 6.07) is 4.05. The third-order valence-electron chi connectivity index (χ3n) is 3.48. The highest BCUT2D eigenvalue weighted by molar-refractivity contribution is 5.79. The highest BCUT2D eigenvalue weighted by Crippen LogP contribution is 2.28. The molecule has 0 atom stereocenters. The van der Waals surface area contributed by atoms with Crippen LogP contribution >= 0.6 is 0 Å². The van der Waals surface area contributed by atoms with Crippen molar-refractivity contribution in [2.45, 2.75) is 25.9 Å². The van der Waals surface area contributed by atoms with Crippen LogP contribution in [0.15, 0.2) is 30.6 Å². The summed E-state index contributed by atoms with van der Waals surface area (Å²) in [7, 11) is 0. The lowest BCUT2D eigenvalue weighted by Gasteiger charge is -2.20. The van der Waals surface area contributed by atoms with E-state index in [4.69, 9.17) is 4.74 Å². The Labute approximate surface area is 124 Å². The van der Waals surface area contributed by atoms with Crippen molar-refractivity contribution in [1.29, 1.82) is 0 Å². The first-order chi connectivity index (χ1) is 10.0. The third-order valence-corrected chi connectivity index (χ3v) is 3.48. The molecule has 1 aliphatic rings. The minimum Gasteiger partial charge on any atom is -0.489 e. The largest absolute Gasteiger partial charge is 0.489 e. The number of aliphatic hydroxyl groups is 1. The standard InChI is InChI=1S/C16H21N3O2/c1-16(2,20)11-21-13-9-14(12-3-6-17-7-4-12)15-5-8-18-19(15)10-13/h3,5,8-10,17,20H,4,6-7,11H2,1-2H3. The summed E-state index contributed by atoms with van der Waals surface area (Å²) >= 11 is 0. The summed E-state index contributed by atoms with van der Waals surface area (Å²) in [6.45, 7) is 5.59. The smallest absolute Gasteiger partial charge is 0.138 e. The molecule has 0 radical (unpaired) electrons. The molecule has 5 heteroatoms. The molecular formula is C16H21N3O2. The Morgan fingerprint density at radius 2 is 2.33 bits per heavy atom. The van der Waals surface area contributed by atoms with Gasteiger partial charge in [-0.05, 0) is 44.5 Å². The Hall–Kier alpha value is -1.85. The molecule has 21 heavy (non-hydrogen) atoms. The van der Waals surface area contributed by atoms with Crippen LogP contribution in [0.3, 0.4) is 0 Å². The van der Waals surface area contributed by atoms with Crippen molar-refractivity contribution in [1.82, 2.24) is 14.9 Å². The number of aromatic nitrogens is 2. The van der Waals surface area contributed by atoms with Crippen LogP contribution in [0.2, 0.25) is 0 Å². The summed E-state index contributed by atoms with van der Waals surface area (Å²) in [5.74, 6) is 0.725.